The van der Waals surface area contributed by atoms with E-state index in [1.165, 1.54) is 18.4 Å². The van der Waals surface area contributed by atoms with Gasteiger partial charge in [-0.2, -0.15) is 0 Å². The zero-order chi connectivity index (χ0) is 21.5. The highest BCUT2D eigenvalue weighted by molar-refractivity contribution is 5.81. The molecule has 0 amide bonds. The van der Waals surface area contributed by atoms with E-state index in [0.717, 1.165) is 31.4 Å². The number of benzene rings is 1. The van der Waals surface area contributed by atoms with Crippen molar-refractivity contribution < 1.29 is 9.84 Å². The van der Waals surface area contributed by atoms with Crippen LogP contribution < -0.4 is 5.32 Å². The summed E-state index contributed by atoms with van der Waals surface area (Å²) in [5.41, 5.74) is 3.53. The summed E-state index contributed by atoms with van der Waals surface area (Å²) < 4.78 is 7.16. The fraction of sp³-hybridized carbons (Fsp3) is 0.333. The molecule has 1 atom stereocenters. The maximum atomic E-state index is 10.7. The Morgan fingerprint density at radius 2 is 1.94 bits per heavy atom. The van der Waals surface area contributed by atoms with Crippen molar-refractivity contribution in [1.29, 1.82) is 0 Å². The van der Waals surface area contributed by atoms with E-state index in [1.807, 2.05) is 47.3 Å². The number of hydrogen-bond acceptors (Lipinski definition) is 7. The Morgan fingerprint density at radius 1 is 1.06 bits per heavy atom. The van der Waals surface area contributed by atoms with E-state index in [9.17, 15) is 5.11 Å². The molecule has 164 valence electrons. The minimum Gasteiger partial charge on any atom is -0.507 e. The highest BCUT2D eigenvalue weighted by Crippen LogP contribution is 2.43. The molecule has 8 nitrogen and oxygen atoms in total. The minimum absolute atomic E-state index is 0.241. The van der Waals surface area contributed by atoms with Crippen molar-refractivity contribution in [3.63, 3.8) is 0 Å². The van der Waals surface area contributed by atoms with Crippen LogP contribution in [0.25, 0.3) is 16.8 Å². The molecule has 3 aromatic rings. The van der Waals surface area contributed by atoms with Crippen molar-refractivity contribution in [2.75, 3.05) is 18.4 Å². The van der Waals surface area contributed by atoms with Gasteiger partial charge in [0.25, 0.3) is 0 Å². The summed E-state index contributed by atoms with van der Waals surface area (Å²) in [7, 11) is 0. The van der Waals surface area contributed by atoms with Crippen LogP contribution in [0.3, 0.4) is 0 Å². The van der Waals surface area contributed by atoms with Crippen molar-refractivity contribution in [2.24, 2.45) is 0 Å². The second kappa shape index (κ2) is 7.87. The smallest absolute Gasteiger partial charge is 0.228 e. The predicted molar refractivity (Wildman–Crippen MR) is 121 cm³/mol. The van der Waals surface area contributed by atoms with E-state index in [0.29, 0.717) is 23.1 Å². The molecule has 2 N–H and O–H groups in total. The Bertz CT molecular complexity index is 1190. The predicted octanol–water partition coefficient (Wildman–Crippen LogP) is 4.05. The van der Waals surface area contributed by atoms with Crippen molar-refractivity contribution in [3.05, 3.63) is 67.0 Å². The van der Waals surface area contributed by atoms with Crippen molar-refractivity contribution in [2.45, 2.75) is 37.6 Å². The molecule has 0 bridgehead atoms. The number of phenolic OH excluding ortho intramolecular Hbond substituents is 1. The molecular formula is C24H26N6O2. The van der Waals surface area contributed by atoms with Crippen molar-refractivity contribution in [3.8, 4) is 17.0 Å². The zero-order valence-corrected chi connectivity index (χ0v) is 17.8. The van der Waals surface area contributed by atoms with Gasteiger partial charge in [-0.05, 0) is 61.4 Å². The van der Waals surface area contributed by atoms with Gasteiger partial charge in [0.1, 0.15) is 24.0 Å². The van der Waals surface area contributed by atoms with Crippen LogP contribution in [0.1, 0.15) is 37.2 Å². The Kier molecular flexibility index (Phi) is 4.72. The highest BCUT2D eigenvalue weighted by Gasteiger charge is 2.26. The lowest BCUT2D eigenvalue weighted by Crippen LogP contribution is -2.48. The van der Waals surface area contributed by atoms with Crippen molar-refractivity contribution >= 4 is 11.5 Å². The first-order valence-electron chi connectivity index (χ1n) is 11.2. The first kappa shape index (κ1) is 19.2. The van der Waals surface area contributed by atoms with Crippen LogP contribution in [0.5, 0.6) is 5.75 Å². The van der Waals surface area contributed by atoms with E-state index < -0.39 is 0 Å². The lowest BCUT2D eigenvalue weighted by molar-refractivity contribution is 0.0328. The number of phenols is 1. The van der Waals surface area contributed by atoms with E-state index in [4.69, 9.17) is 4.74 Å². The summed E-state index contributed by atoms with van der Waals surface area (Å²) in [6.07, 6.45) is 13.7. The lowest BCUT2D eigenvalue weighted by atomic mass is 10.0. The Morgan fingerprint density at radius 3 is 2.75 bits per heavy atom. The van der Waals surface area contributed by atoms with Crippen LogP contribution >= 0.6 is 0 Å². The number of aromatic hydroxyl groups is 1. The number of fused-ring (bicyclic) bond motifs is 1. The van der Waals surface area contributed by atoms with Crippen LogP contribution in [0.2, 0.25) is 0 Å². The standard InChI is InChI=1S/C24H26N6O2/c31-22-15-18(17-5-6-17)7-8-20(22)23-21-4-2-10-30(21)24(27-26-23)25-19-3-1-9-29(16-19)28-11-13-32-14-12-28/h2,4,7-8,10-15,17,19,31H,1,3,5-6,9,16H2,(H,25,27)/t19-/m1/s1. The number of rotatable bonds is 5. The molecule has 8 heteroatoms. The fourth-order valence-electron chi connectivity index (χ4n) is 4.61. The number of nitrogens with zero attached hydrogens (tertiary/aromatic N) is 5. The van der Waals surface area contributed by atoms with E-state index in [-0.39, 0.29) is 11.8 Å². The molecule has 6 rings (SSSR count). The average molecular weight is 431 g/mol. The van der Waals surface area contributed by atoms with Crippen molar-refractivity contribution in [1.82, 2.24) is 24.6 Å². The molecule has 0 unspecified atom stereocenters. The summed E-state index contributed by atoms with van der Waals surface area (Å²) in [4.78, 5) is 0. The van der Waals surface area contributed by atoms with Gasteiger partial charge in [-0.25, -0.2) is 5.01 Å². The van der Waals surface area contributed by atoms with E-state index in [2.05, 4.69) is 31.6 Å². The molecule has 3 aliphatic rings. The third-order valence-corrected chi connectivity index (χ3v) is 6.43. The molecule has 0 radical (unpaired) electrons. The van der Waals surface area contributed by atoms with Gasteiger partial charge in [0, 0.05) is 30.9 Å². The molecule has 1 saturated carbocycles. The number of piperidine rings is 1. The Balaban J connectivity index is 1.25. The normalized spacial score (nSPS) is 21.1. The summed E-state index contributed by atoms with van der Waals surface area (Å²) in [6.45, 7) is 1.84. The molecule has 4 heterocycles. The highest BCUT2D eigenvalue weighted by atomic mass is 16.5. The zero-order valence-electron chi connectivity index (χ0n) is 17.8. The number of anilines is 1. The second-order valence-electron chi connectivity index (χ2n) is 8.67. The summed E-state index contributed by atoms with van der Waals surface area (Å²) >= 11 is 0. The average Bonchev–Trinajstić information content (AvgIpc) is 3.56. The molecule has 1 aromatic carbocycles. The molecule has 1 saturated heterocycles. The third kappa shape index (κ3) is 3.56. The van der Waals surface area contributed by atoms with Crippen LogP contribution in [0.15, 0.2) is 61.5 Å². The van der Waals surface area contributed by atoms with Gasteiger partial charge in [0.05, 0.1) is 17.9 Å². The first-order chi connectivity index (χ1) is 15.8. The monoisotopic (exact) mass is 430 g/mol. The summed E-state index contributed by atoms with van der Waals surface area (Å²) in [5.74, 6) is 1.57. The van der Waals surface area contributed by atoms with Gasteiger partial charge in [0.15, 0.2) is 0 Å². The minimum atomic E-state index is 0.241. The number of hydrogen-bond donors (Lipinski definition) is 2. The molecule has 32 heavy (non-hydrogen) atoms. The molecule has 2 aliphatic heterocycles. The Labute approximate surface area is 186 Å². The molecule has 0 spiro atoms. The number of nitrogens with one attached hydrogen (secondary N) is 1. The topological polar surface area (TPSA) is 78.2 Å². The van der Waals surface area contributed by atoms with Gasteiger partial charge in [-0.1, -0.05) is 6.07 Å². The summed E-state index contributed by atoms with van der Waals surface area (Å²) in [6, 6.07) is 10.2. The largest absolute Gasteiger partial charge is 0.507 e. The maximum absolute atomic E-state index is 10.7. The second-order valence-corrected chi connectivity index (χ2v) is 8.67. The van der Waals surface area contributed by atoms with Crippen LogP contribution in [0.4, 0.5) is 5.95 Å². The maximum Gasteiger partial charge on any atom is 0.228 e. The van der Waals surface area contributed by atoms with Gasteiger partial charge >= 0.3 is 0 Å². The molecular weight excluding hydrogens is 404 g/mol. The molecule has 2 aromatic heterocycles. The van der Waals surface area contributed by atoms with E-state index in [1.54, 1.807) is 12.5 Å². The summed E-state index contributed by atoms with van der Waals surface area (Å²) in [5, 5.41) is 27.6. The quantitative estimate of drug-likeness (QED) is 0.632. The molecule has 1 aliphatic carbocycles. The van der Waals surface area contributed by atoms with Gasteiger partial charge in [0.2, 0.25) is 5.95 Å². The first-order valence-corrected chi connectivity index (χ1v) is 11.2. The number of aromatic nitrogens is 3. The lowest BCUT2D eigenvalue weighted by Gasteiger charge is -2.38. The van der Waals surface area contributed by atoms with Gasteiger partial charge in [-0.15, -0.1) is 10.2 Å². The van der Waals surface area contributed by atoms with E-state index >= 15 is 0 Å². The molecule has 2 fully saturated rings. The SMILES string of the molecule is Oc1cc(C2CC2)ccc1-c1nnc(N[C@@H]2CCCN(N3C=COC=C3)C2)n2cccc12. The fourth-order valence-corrected chi connectivity index (χ4v) is 4.61. The Hall–Kier alpha value is -3.52. The third-order valence-electron chi connectivity index (χ3n) is 6.43. The van der Waals surface area contributed by atoms with Crippen LogP contribution in [-0.4, -0.2) is 48.9 Å². The van der Waals surface area contributed by atoms with Gasteiger partial charge < -0.3 is 15.2 Å². The number of hydrazine groups is 1. The van der Waals surface area contributed by atoms with Crippen LogP contribution in [-0.2, 0) is 4.74 Å². The number of ether oxygens (including phenoxy) is 1. The van der Waals surface area contributed by atoms with Crippen LogP contribution in [0, 0.1) is 0 Å². The van der Waals surface area contributed by atoms with Gasteiger partial charge in [-0.3, -0.25) is 9.41 Å².